The summed E-state index contributed by atoms with van der Waals surface area (Å²) >= 11 is 0. The average molecular weight is 378 g/mol. The van der Waals surface area contributed by atoms with Crippen LogP contribution in [0.3, 0.4) is 0 Å². The second-order valence-electron chi connectivity index (χ2n) is 9.51. The Morgan fingerprint density at radius 3 is 2.29 bits per heavy atom. The van der Waals surface area contributed by atoms with Gasteiger partial charge in [0.25, 0.3) is 5.91 Å². The SMILES string of the molecule is Cc1ccc(CN/C=C(/C#N)C(=O)NC(C)C23CC4CC(CC(C4)C2)C3)cc1. The van der Waals surface area contributed by atoms with Crippen molar-refractivity contribution in [3.8, 4) is 6.07 Å². The highest BCUT2D eigenvalue weighted by molar-refractivity contribution is 5.97. The van der Waals surface area contributed by atoms with Gasteiger partial charge in [-0.05, 0) is 81.1 Å². The maximum Gasteiger partial charge on any atom is 0.263 e. The van der Waals surface area contributed by atoms with Crippen LogP contribution in [0.5, 0.6) is 0 Å². The minimum atomic E-state index is -0.248. The quantitative estimate of drug-likeness (QED) is 0.576. The number of nitriles is 1. The molecule has 0 radical (unpaired) electrons. The van der Waals surface area contributed by atoms with Crippen LogP contribution in [-0.2, 0) is 11.3 Å². The predicted octanol–water partition coefficient (Wildman–Crippen LogP) is 4.21. The molecular formula is C24H31N3O. The zero-order valence-electron chi connectivity index (χ0n) is 17.0. The van der Waals surface area contributed by atoms with Crippen LogP contribution in [0.25, 0.3) is 0 Å². The number of hydrogen-bond donors (Lipinski definition) is 2. The van der Waals surface area contributed by atoms with Crippen LogP contribution in [0.4, 0.5) is 0 Å². The molecule has 2 N–H and O–H groups in total. The average Bonchev–Trinajstić information content (AvgIpc) is 2.65. The number of hydrogen-bond acceptors (Lipinski definition) is 3. The molecule has 1 unspecified atom stereocenters. The molecule has 0 aromatic heterocycles. The van der Waals surface area contributed by atoms with Gasteiger partial charge in [0.1, 0.15) is 11.6 Å². The first-order valence-electron chi connectivity index (χ1n) is 10.7. The van der Waals surface area contributed by atoms with Gasteiger partial charge in [0.05, 0.1) is 0 Å². The molecule has 4 bridgehead atoms. The largest absolute Gasteiger partial charge is 0.386 e. The first-order valence-corrected chi connectivity index (χ1v) is 10.7. The minimum Gasteiger partial charge on any atom is -0.386 e. The Morgan fingerprint density at radius 1 is 1.18 bits per heavy atom. The van der Waals surface area contributed by atoms with E-state index in [0.29, 0.717) is 6.54 Å². The van der Waals surface area contributed by atoms with E-state index in [1.165, 1.54) is 44.1 Å². The van der Waals surface area contributed by atoms with E-state index < -0.39 is 0 Å². The number of nitrogens with zero attached hydrogens (tertiary/aromatic N) is 1. The van der Waals surface area contributed by atoms with Crippen LogP contribution in [0.1, 0.15) is 56.6 Å². The zero-order valence-corrected chi connectivity index (χ0v) is 17.0. The van der Waals surface area contributed by atoms with Gasteiger partial charge in [-0.15, -0.1) is 0 Å². The number of nitrogens with one attached hydrogen (secondary N) is 2. The van der Waals surface area contributed by atoms with E-state index in [2.05, 4.69) is 54.8 Å². The molecule has 0 aliphatic heterocycles. The van der Waals surface area contributed by atoms with Crippen molar-refractivity contribution in [2.45, 2.75) is 65.0 Å². The van der Waals surface area contributed by atoms with Gasteiger partial charge < -0.3 is 10.6 Å². The van der Waals surface area contributed by atoms with Crippen LogP contribution >= 0.6 is 0 Å². The number of carbonyl (C=O) groups is 1. The third-order valence-corrected chi connectivity index (χ3v) is 7.39. The molecule has 1 atom stereocenters. The second-order valence-corrected chi connectivity index (χ2v) is 9.51. The summed E-state index contributed by atoms with van der Waals surface area (Å²) in [6.45, 7) is 4.81. The lowest BCUT2D eigenvalue weighted by Crippen LogP contribution is -2.56. The standard InChI is InChI=1S/C24H31N3O/c1-16-3-5-18(6-4-16)14-26-15-22(13-25)23(28)27-17(2)24-10-19-7-20(11-24)9-21(8-19)12-24/h3-6,15,17,19-21,26H,7-12,14H2,1-2H3,(H,27,28)/b22-15-. The third kappa shape index (κ3) is 3.81. The highest BCUT2D eigenvalue weighted by Gasteiger charge is 2.53. The van der Waals surface area contributed by atoms with Crippen LogP contribution in [0, 0.1) is 41.4 Å². The lowest BCUT2D eigenvalue weighted by Gasteiger charge is -2.59. The molecule has 1 aromatic rings. The number of aryl methyl sites for hydroxylation is 1. The summed E-state index contributed by atoms with van der Waals surface area (Å²) in [5, 5.41) is 15.7. The Labute approximate surface area is 168 Å². The van der Waals surface area contributed by atoms with Crippen molar-refractivity contribution in [1.82, 2.24) is 10.6 Å². The molecule has 0 heterocycles. The van der Waals surface area contributed by atoms with E-state index in [1.807, 2.05) is 0 Å². The van der Waals surface area contributed by atoms with Crippen LogP contribution in [0.2, 0.25) is 0 Å². The molecule has 4 nitrogen and oxygen atoms in total. The van der Waals surface area contributed by atoms with Gasteiger partial charge in [0.2, 0.25) is 0 Å². The molecule has 0 saturated heterocycles. The van der Waals surface area contributed by atoms with Crippen molar-refractivity contribution in [1.29, 1.82) is 5.26 Å². The number of rotatable bonds is 6. The maximum absolute atomic E-state index is 12.7. The van der Waals surface area contributed by atoms with Gasteiger partial charge in [-0.25, -0.2) is 0 Å². The Kier molecular flexibility index (Phi) is 5.19. The van der Waals surface area contributed by atoms with Crippen molar-refractivity contribution in [3.05, 3.63) is 47.2 Å². The van der Waals surface area contributed by atoms with Gasteiger partial charge in [-0.3, -0.25) is 4.79 Å². The summed E-state index contributed by atoms with van der Waals surface area (Å²) in [6, 6.07) is 10.4. The van der Waals surface area contributed by atoms with Crippen molar-refractivity contribution >= 4 is 5.91 Å². The molecule has 148 valence electrons. The van der Waals surface area contributed by atoms with Gasteiger partial charge in [-0.2, -0.15) is 5.26 Å². The topological polar surface area (TPSA) is 64.9 Å². The summed E-state index contributed by atoms with van der Waals surface area (Å²) in [5.74, 6) is 2.32. The van der Waals surface area contributed by atoms with Gasteiger partial charge in [0.15, 0.2) is 0 Å². The van der Waals surface area contributed by atoms with Crippen molar-refractivity contribution in [2.75, 3.05) is 0 Å². The minimum absolute atomic E-state index is 0.127. The summed E-state index contributed by atoms with van der Waals surface area (Å²) in [4.78, 5) is 12.7. The van der Waals surface area contributed by atoms with Gasteiger partial charge in [0, 0.05) is 18.8 Å². The molecule has 4 heteroatoms. The van der Waals surface area contributed by atoms with Crippen LogP contribution in [-0.4, -0.2) is 11.9 Å². The molecular weight excluding hydrogens is 346 g/mol. The second kappa shape index (κ2) is 7.62. The summed E-state index contributed by atoms with van der Waals surface area (Å²) in [5.41, 5.74) is 2.75. The molecule has 4 aliphatic carbocycles. The molecule has 4 aliphatic rings. The molecule has 0 spiro atoms. The molecule has 1 aromatic carbocycles. The molecule has 4 fully saturated rings. The van der Waals surface area contributed by atoms with E-state index >= 15 is 0 Å². The van der Waals surface area contributed by atoms with E-state index in [4.69, 9.17) is 0 Å². The smallest absolute Gasteiger partial charge is 0.263 e. The zero-order chi connectivity index (χ0) is 19.7. The first kappa shape index (κ1) is 19.1. The summed E-state index contributed by atoms with van der Waals surface area (Å²) < 4.78 is 0. The van der Waals surface area contributed by atoms with E-state index in [9.17, 15) is 10.1 Å². The van der Waals surface area contributed by atoms with Gasteiger partial charge >= 0.3 is 0 Å². The lowest BCUT2D eigenvalue weighted by atomic mass is 9.48. The van der Waals surface area contributed by atoms with Crippen molar-refractivity contribution < 1.29 is 4.79 Å². The fraction of sp³-hybridized carbons (Fsp3) is 0.583. The number of amides is 1. The van der Waals surface area contributed by atoms with Crippen molar-refractivity contribution in [2.24, 2.45) is 23.2 Å². The Morgan fingerprint density at radius 2 is 1.75 bits per heavy atom. The third-order valence-electron chi connectivity index (χ3n) is 7.39. The molecule has 28 heavy (non-hydrogen) atoms. The number of carbonyl (C=O) groups excluding carboxylic acids is 1. The van der Waals surface area contributed by atoms with Crippen molar-refractivity contribution in [3.63, 3.8) is 0 Å². The monoisotopic (exact) mass is 377 g/mol. The summed E-state index contributed by atoms with van der Waals surface area (Å²) in [6.07, 6.45) is 9.49. The normalized spacial score (nSPS) is 31.9. The van der Waals surface area contributed by atoms with Crippen LogP contribution < -0.4 is 10.6 Å². The fourth-order valence-electron chi connectivity index (χ4n) is 6.26. The fourth-order valence-corrected chi connectivity index (χ4v) is 6.26. The van der Waals surface area contributed by atoms with E-state index in [1.54, 1.807) is 6.20 Å². The van der Waals surface area contributed by atoms with Gasteiger partial charge in [-0.1, -0.05) is 29.8 Å². The Balaban J connectivity index is 1.36. The predicted molar refractivity (Wildman–Crippen MR) is 110 cm³/mol. The summed E-state index contributed by atoms with van der Waals surface area (Å²) in [7, 11) is 0. The molecule has 1 amide bonds. The highest BCUT2D eigenvalue weighted by atomic mass is 16.1. The Hall–Kier alpha value is -2.28. The lowest BCUT2D eigenvalue weighted by molar-refractivity contribution is -0.122. The molecule has 4 saturated carbocycles. The van der Waals surface area contributed by atoms with E-state index in [-0.39, 0.29) is 22.9 Å². The number of benzene rings is 1. The first-order chi connectivity index (χ1) is 13.5. The van der Waals surface area contributed by atoms with E-state index in [0.717, 1.165) is 23.3 Å². The highest BCUT2D eigenvalue weighted by Crippen LogP contribution is 2.61. The molecule has 5 rings (SSSR count). The van der Waals surface area contributed by atoms with Crippen LogP contribution in [0.15, 0.2) is 36.0 Å². The maximum atomic E-state index is 12.7. The Bertz CT molecular complexity index is 767.